The van der Waals surface area contributed by atoms with E-state index in [1.165, 1.54) is 44.4 Å². The molecule has 1 amide bonds. The maximum Gasteiger partial charge on any atom is 0.325 e. The lowest BCUT2D eigenvalue weighted by Crippen LogP contribution is -2.36. The molecule has 0 aliphatic rings. The molecule has 0 unspecified atom stereocenters. The maximum absolute atomic E-state index is 13.2. The van der Waals surface area contributed by atoms with E-state index in [0.29, 0.717) is 17.1 Å². The van der Waals surface area contributed by atoms with Gasteiger partial charge in [0.1, 0.15) is 18.0 Å². The SMILES string of the molecule is COC(=O)CN(Cc1cc(OC)cc(OC)c1)C(=O)c1cc(S(C)(=O)=O)ccc1Cl. The highest BCUT2D eigenvalue weighted by Gasteiger charge is 2.24. The Morgan fingerprint density at radius 1 is 1.00 bits per heavy atom. The Morgan fingerprint density at radius 2 is 1.60 bits per heavy atom. The average Bonchev–Trinajstić information content (AvgIpc) is 2.71. The highest BCUT2D eigenvalue weighted by atomic mass is 35.5. The number of hydrogen-bond donors (Lipinski definition) is 0. The maximum atomic E-state index is 13.2. The summed E-state index contributed by atoms with van der Waals surface area (Å²) in [6.45, 7) is -0.366. The van der Waals surface area contributed by atoms with Gasteiger partial charge in [0, 0.05) is 18.9 Å². The number of esters is 1. The normalized spacial score (nSPS) is 11.0. The van der Waals surface area contributed by atoms with Crippen LogP contribution in [0.3, 0.4) is 0 Å². The van der Waals surface area contributed by atoms with Crippen LogP contribution in [0.25, 0.3) is 0 Å². The van der Waals surface area contributed by atoms with Crippen molar-refractivity contribution < 1.29 is 32.2 Å². The molecule has 30 heavy (non-hydrogen) atoms. The zero-order valence-corrected chi connectivity index (χ0v) is 18.5. The van der Waals surface area contributed by atoms with Crippen LogP contribution in [0.4, 0.5) is 0 Å². The van der Waals surface area contributed by atoms with Gasteiger partial charge in [-0.15, -0.1) is 0 Å². The van der Waals surface area contributed by atoms with E-state index in [4.69, 9.17) is 25.8 Å². The van der Waals surface area contributed by atoms with Crippen LogP contribution in [0.15, 0.2) is 41.3 Å². The molecule has 0 heterocycles. The summed E-state index contributed by atoms with van der Waals surface area (Å²) in [7, 11) is 0.630. The third-order valence-electron chi connectivity index (χ3n) is 4.22. The molecule has 0 radical (unpaired) electrons. The highest BCUT2D eigenvalue weighted by Crippen LogP contribution is 2.26. The minimum atomic E-state index is -3.56. The van der Waals surface area contributed by atoms with Gasteiger partial charge >= 0.3 is 5.97 Å². The molecule has 0 aliphatic carbocycles. The lowest BCUT2D eigenvalue weighted by Gasteiger charge is -2.23. The number of halogens is 1. The Kier molecular flexibility index (Phi) is 7.69. The number of benzene rings is 2. The van der Waals surface area contributed by atoms with Crippen LogP contribution in [0.1, 0.15) is 15.9 Å². The van der Waals surface area contributed by atoms with Crippen LogP contribution in [-0.2, 0) is 25.9 Å². The number of rotatable bonds is 8. The van der Waals surface area contributed by atoms with Gasteiger partial charge in [-0.3, -0.25) is 9.59 Å². The first-order valence-electron chi connectivity index (χ1n) is 8.66. The third-order valence-corrected chi connectivity index (χ3v) is 5.66. The monoisotopic (exact) mass is 455 g/mol. The number of hydrogen-bond acceptors (Lipinski definition) is 7. The quantitative estimate of drug-likeness (QED) is 0.564. The predicted molar refractivity (Wildman–Crippen MR) is 111 cm³/mol. The molecule has 0 fully saturated rings. The summed E-state index contributed by atoms with van der Waals surface area (Å²) in [6, 6.07) is 8.88. The van der Waals surface area contributed by atoms with Gasteiger partial charge in [0.2, 0.25) is 0 Å². The van der Waals surface area contributed by atoms with E-state index in [0.717, 1.165) is 6.26 Å². The van der Waals surface area contributed by atoms with E-state index >= 15 is 0 Å². The molecule has 0 aliphatic heterocycles. The summed E-state index contributed by atoms with van der Waals surface area (Å²) in [5.41, 5.74) is 0.581. The lowest BCUT2D eigenvalue weighted by molar-refractivity contribution is -0.141. The van der Waals surface area contributed by atoms with Crippen molar-refractivity contribution in [2.24, 2.45) is 0 Å². The van der Waals surface area contributed by atoms with Crippen LogP contribution in [0.5, 0.6) is 11.5 Å². The minimum absolute atomic E-state index is 0.000918. The summed E-state index contributed by atoms with van der Waals surface area (Å²) in [6.07, 6.45) is 1.03. The second-order valence-corrected chi connectivity index (χ2v) is 8.80. The molecule has 2 rings (SSSR count). The van der Waals surface area contributed by atoms with Crippen molar-refractivity contribution in [3.05, 3.63) is 52.5 Å². The summed E-state index contributed by atoms with van der Waals surface area (Å²) in [4.78, 5) is 26.2. The van der Waals surface area contributed by atoms with E-state index in [2.05, 4.69) is 0 Å². The fourth-order valence-corrected chi connectivity index (χ4v) is 3.51. The number of carbonyl (C=O) groups is 2. The number of carbonyl (C=O) groups excluding carboxylic acids is 2. The van der Waals surface area contributed by atoms with Crippen LogP contribution >= 0.6 is 11.6 Å². The number of ether oxygens (including phenoxy) is 3. The molecule has 10 heteroatoms. The van der Waals surface area contributed by atoms with E-state index in [1.54, 1.807) is 18.2 Å². The zero-order chi connectivity index (χ0) is 22.5. The zero-order valence-electron chi connectivity index (χ0n) is 17.0. The van der Waals surface area contributed by atoms with E-state index in [9.17, 15) is 18.0 Å². The fraction of sp³-hybridized carbons (Fsp3) is 0.300. The second kappa shape index (κ2) is 9.82. The first-order chi connectivity index (χ1) is 14.1. The van der Waals surface area contributed by atoms with Crippen molar-refractivity contribution in [1.29, 1.82) is 0 Å². The molecule has 162 valence electrons. The van der Waals surface area contributed by atoms with Crippen molar-refractivity contribution >= 4 is 33.3 Å². The largest absolute Gasteiger partial charge is 0.497 e. The van der Waals surface area contributed by atoms with Crippen LogP contribution in [0, 0.1) is 0 Å². The first kappa shape index (κ1) is 23.5. The molecule has 0 saturated carbocycles. The van der Waals surface area contributed by atoms with Crippen LogP contribution in [-0.4, -0.2) is 59.3 Å². The number of amides is 1. The van der Waals surface area contributed by atoms with Gasteiger partial charge in [-0.1, -0.05) is 11.6 Å². The van der Waals surface area contributed by atoms with Gasteiger partial charge in [-0.2, -0.15) is 0 Å². The topological polar surface area (TPSA) is 99.2 Å². The number of sulfone groups is 1. The Hall–Kier alpha value is -2.78. The van der Waals surface area contributed by atoms with Gasteiger partial charge in [0.25, 0.3) is 5.91 Å². The summed E-state index contributed by atoms with van der Waals surface area (Å²) in [5.74, 6) is -0.259. The van der Waals surface area contributed by atoms with Crippen LogP contribution < -0.4 is 9.47 Å². The molecule has 0 atom stereocenters. The Labute approximate surface area is 180 Å². The summed E-state index contributed by atoms with van der Waals surface area (Å²) < 4.78 is 38.9. The standard InChI is InChI=1S/C20H22ClNO7S/c1-27-14-7-13(8-15(9-14)28-2)11-22(12-19(23)29-3)20(24)17-10-16(30(4,25)26)5-6-18(17)21/h5-10H,11-12H2,1-4H3. The van der Waals surface area contributed by atoms with Gasteiger partial charge < -0.3 is 19.1 Å². The van der Waals surface area contributed by atoms with Crippen molar-refractivity contribution in [2.75, 3.05) is 34.1 Å². The molecular formula is C20H22ClNO7S. The third kappa shape index (κ3) is 5.87. The molecule has 2 aromatic carbocycles. The minimum Gasteiger partial charge on any atom is -0.497 e. The van der Waals surface area contributed by atoms with Gasteiger partial charge in [-0.05, 0) is 35.9 Å². The molecule has 0 bridgehead atoms. The molecule has 0 aromatic heterocycles. The molecule has 2 aromatic rings. The fourth-order valence-electron chi connectivity index (χ4n) is 2.67. The first-order valence-corrected chi connectivity index (χ1v) is 10.9. The molecular weight excluding hydrogens is 434 g/mol. The Bertz CT molecular complexity index is 1030. The van der Waals surface area contributed by atoms with Crippen molar-refractivity contribution in [2.45, 2.75) is 11.4 Å². The summed E-state index contributed by atoms with van der Waals surface area (Å²) >= 11 is 6.16. The van der Waals surface area contributed by atoms with Gasteiger partial charge in [0.05, 0.1) is 36.8 Å². The lowest BCUT2D eigenvalue weighted by atomic mass is 10.1. The van der Waals surface area contributed by atoms with Crippen LogP contribution in [0.2, 0.25) is 5.02 Å². The van der Waals surface area contributed by atoms with E-state index < -0.39 is 21.7 Å². The predicted octanol–water partition coefficient (Wildman–Crippen LogP) is 2.58. The van der Waals surface area contributed by atoms with E-state index in [1.807, 2.05) is 0 Å². The van der Waals surface area contributed by atoms with Crippen molar-refractivity contribution in [3.8, 4) is 11.5 Å². The highest BCUT2D eigenvalue weighted by molar-refractivity contribution is 7.90. The van der Waals surface area contributed by atoms with Gasteiger partial charge in [-0.25, -0.2) is 8.42 Å². The smallest absolute Gasteiger partial charge is 0.325 e. The van der Waals surface area contributed by atoms with E-state index in [-0.39, 0.29) is 28.6 Å². The molecule has 0 spiro atoms. The van der Waals surface area contributed by atoms with Crippen molar-refractivity contribution in [1.82, 2.24) is 4.90 Å². The molecule has 0 N–H and O–H groups in total. The second-order valence-electron chi connectivity index (χ2n) is 6.37. The van der Waals surface area contributed by atoms with Gasteiger partial charge in [0.15, 0.2) is 9.84 Å². The number of nitrogens with zero attached hydrogens (tertiary/aromatic N) is 1. The molecule has 0 saturated heterocycles. The summed E-state index contributed by atoms with van der Waals surface area (Å²) in [5, 5.41) is 0.0606. The van der Waals surface area contributed by atoms with Crippen molar-refractivity contribution in [3.63, 3.8) is 0 Å². The Morgan fingerprint density at radius 3 is 2.10 bits per heavy atom. The number of methoxy groups -OCH3 is 3. The average molecular weight is 456 g/mol. The molecule has 8 nitrogen and oxygen atoms in total. The Balaban J connectivity index is 2.47.